The largest absolute Gasteiger partial charge is 0.496 e. The van der Waals surface area contributed by atoms with Gasteiger partial charge in [0.2, 0.25) is 5.72 Å². The molecule has 0 aliphatic carbocycles. The summed E-state index contributed by atoms with van der Waals surface area (Å²) in [4.78, 5) is 31.6. The van der Waals surface area contributed by atoms with E-state index in [4.69, 9.17) is 19.2 Å². The summed E-state index contributed by atoms with van der Waals surface area (Å²) in [6.07, 6.45) is 1.79. The summed E-state index contributed by atoms with van der Waals surface area (Å²) < 4.78 is 18.8. The van der Waals surface area contributed by atoms with Crippen LogP contribution in [0.5, 0.6) is 11.5 Å². The second-order valence-electron chi connectivity index (χ2n) is 7.56. The first-order chi connectivity index (χ1) is 15.0. The molecule has 158 valence electrons. The van der Waals surface area contributed by atoms with Gasteiger partial charge in [-0.25, -0.2) is 4.99 Å². The van der Waals surface area contributed by atoms with Gasteiger partial charge < -0.3 is 14.2 Å². The van der Waals surface area contributed by atoms with Crippen molar-refractivity contribution in [3.05, 3.63) is 79.3 Å². The number of thiazole rings is 1. The van der Waals surface area contributed by atoms with Crippen molar-refractivity contribution in [3.8, 4) is 11.5 Å². The van der Waals surface area contributed by atoms with Gasteiger partial charge in [0.05, 0.1) is 24.8 Å². The Morgan fingerprint density at radius 3 is 2.71 bits per heavy atom. The summed E-state index contributed by atoms with van der Waals surface area (Å²) in [5.74, 6) is 0.0241. The number of fused-ring (bicyclic) bond motifs is 6. The lowest BCUT2D eigenvalue weighted by Crippen LogP contribution is -2.58. The molecule has 2 aliphatic rings. The monoisotopic (exact) mass is 436 g/mol. The molecule has 0 saturated carbocycles. The van der Waals surface area contributed by atoms with Crippen molar-refractivity contribution >= 4 is 23.4 Å². The molecule has 0 spiro atoms. The van der Waals surface area contributed by atoms with E-state index in [9.17, 15) is 9.59 Å². The van der Waals surface area contributed by atoms with Crippen molar-refractivity contribution in [3.63, 3.8) is 0 Å². The second-order valence-corrected chi connectivity index (χ2v) is 8.57. The highest BCUT2D eigenvalue weighted by Crippen LogP contribution is 2.47. The number of ether oxygens (including phenoxy) is 3. The van der Waals surface area contributed by atoms with Gasteiger partial charge in [0.25, 0.3) is 5.56 Å². The van der Waals surface area contributed by atoms with Gasteiger partial charge in [-0.2, -0.15) is 0 Å². The molecule has 3 heterocycles. The lowest BCUT2D eigenvalue weighted by molar-refractivity contribution is -0.158. The average Bonchev–Trinajstić information content (AvgIpc) is 3.06. The van der Waals surface area contributed by atoms with Gasteiger partial charge in [-0.15, -0.1) is 0 Å². The Balaban J connectivity index is 1.80. The number of benzene rings is 2. The number of rotatable bonds is 3. The third-order valence-corrected chi connectivity index (χ3v) is 6.74. The van der Waals surface area contributed by atoms with E-state index in [0.717, 1.165) is 11.1 Å². The normalized spacial score (nSPS) is 23.8. The molecule has 31 heavy (non-hydrogen) atoms. The summed E-state index contributed by atoms with van der Waals surface area (Å²) in [6.45, 7) is 1.76. The van der Waals surface area contributed by atoms with Crippen molar-refractivity contribution in [2.24, 2.45) is 10.9 Å². The quantitative estimate of drug-likeness (QED) is 0.586. The molecule has 0 saturated heterocycles. The van der Waals surface area contributed by atoms with E-state index < -0.39 is 23.7 Å². The predicted molar refractivity (Wildman–Crippen MR) is 115 cm³/mol. The van der Waals surface area contributed by atoms with Crippen molar-refractivity contribution in [2.75, 3.05) is 14.2 Å². The molecular formula is C23H20N2O5S. The van der Waals surface area contributed by atoms with E-state index >= 15 is 0 Å². The first-order valence-corrected chi connectivity index (χ1v) is 10.6. The van der Waals surface area contributed by atoms with Gasteiger partial charge in [-0.05, 0) is 25.1 Å². The molecule has 7 nitrogen and oxygen atoms in total. The Kier molecular flexibility index (Phi) is 4.48. The standard InChI is InChI=1S/C23H20N2O5S/c1-23-18(21(27)29-3)19(14-9-5-7-11-16(14)30-23)25-20(26)17(31-22(25)24-23)12-13-8-4-6-10-15(13)28-2/h4-12,18-19H,1-3H3/b17-12-/t18-,19+,23-/m0/s1. The maximum atomic E-state index is 13.5. The zero-order valence-corrected chi connectivity index (χ0v) is 18.0. The van der Waals surface area contributed by atoms with Crippen LogP contribution in [0.3, 0.4) is 0 Å². The Bertz CT molecular complexity index is 1380. The van der Waals surface area contributed by atoms with E-state index in [1.54, 1.807) is 24.7 Å². The fraction of sp³-hybridized carbons (Fsp3) is 0.261. The molecule has 3 atom stereocenters. The molecule has 5 rings (SSSR count). The Morgan fingerprint density at radius 1 is 1.19 bits per heavy atom. The maximum Gasteiger partial charge on any atom is 0.317 e. The third-order valence-electron chi connectivity index (χ3n) is 5.76. The van der Waals surface area contributed by atoms with Gasteiger partial charge in [-0.1, -0.05) is 47.7 Å². The highest BCUT2D eigenvalue weighted by Gasteiger charge is 2.55. The van der Waals surface area contributed by atoms with Crippen LogP contribution in [0.1, 0.15) is 24.1 Å². The van der Waals surface area contributed by atoms with Crippen molar-refractivity contribution in [1.82, 2.24) is 4.57 Å². The van der Waals surface area contributed by atoms with Crippen LogP contribution >= 0.6 is 11.3 Å². The molecular weight excluding hydrogens is 416 g/mol. The number of nitrogens with zero attached hydrogens (tertiary/aromatic N) is 2. The van der Waals surface area contributed by atoms with Gasteiger partial charge in [-0.3, -0.25) is 14.2 Å². The number of hydrogen-bond acceptors (Lipinski definition) is 7. The van der Waals surface area contributed by atoms with Gasteiger partial charge >= 0.3 is 5.97 Å². The average molecular weight is 436 g/mol. The highest BCUT2D eigenvalue weighted by molar-refractivity contribution is 7.07. The molecule has 0 unspecified atom stereocenters. The summed E-state index contributed by atoms with van der Waals surface area (Å²) >= 11 is 1.27. The SMILES string of the molecule is COC(=O)[C@@H]1[C@H]2c3ccccc3O[C@]1(C)N=c1s/c(=C\c3ccccc3OC)c(=O)n12. The topological polar surface area (TPSA) is 79.1 Å². The number of hydrogen-bond donors (Lipinski definition) is 0. The molecule has 0 N–H and O–H groups in total. The highest BCUT2D eigenvalue weighted by atomic mass is 32.1. The molecule has 3 aromatic rings. The Morgan fingerprint density at radius 2 is 1.94 bits per heavy atom. The first kappa shape index (κ1) is 19.6. The lowest BCUT2D eigenvalue weighted by Gasteiger charge is -2.44. The number of para-hydroxylation sites is 2. The van der Waals surface area contributed by atoms with E-state index in [-0.39, 0.29) is 5.56 Å². The van der Waals surface area contributed by atoms with Crippen molar-refractivity contribution in [2.45, 2.75) is 18.7 Å². The van der Waals surface area contributed by atoms with Crippen LogP contribution in [0.25, 0.3) is 6.08 Å². The number of carbonyl (C=O) groups is 1. The Labute approximate surface area is 181 Å². The number of carbonyl (C=O) groups excluding carboxylic acids is 1. The summed E-state index contributed by atoms with van der Waals surface area (Å²) in [5.41, 5.74) is 0.157. The minimum atomic E-state index is -1.18. The molecule has 0 fully saturated rings. The first-order valence-electron chi connectivity index (χ1n) is 9.78. The summed E-state index contributed by atoms with van der Waals surface area (Å²) in [6, 6.07) is 14.3. The second kappa shape index (κ2) is 7.09. The predicted octanol–water partition coefficient (Wildman–Crippen LogP) is 1.87. The van der Waals surface area contributed by atoms with Gasteiger partial charge in [0.15, 0.2) is 4.80 Å². The van der Waals surface area contributed by atoms with Crippen LogP contribution in [0.15, 0.2) is 58.3 Å². The van der Waals surface area contributed by atoms with Gasteiger partial charge in [0.1, 0.15) is 17.4 Å². The zero-order valence-electron chi connectivity index (χ0n) is 17.2. The van der Waals surface area contributed by atoms with E-state index in [2.05, 4.69) is 0 Å². The smallest absolute Gasteiger partial charge is 0.317 e. The lowest BCUT2D eigenvalue weighted by atomic mass is 9.81. The zero-order chi connectivity index (χ0) is 21.8. The summed E-state index contributed by atoms with van der Waals surface area (Å²) in [5, 5.41) is 0. The van der Waals surface area contributed by atoms with Crippen LogP contribution in [0.4, 0.5) is 0 Å². The number of esters is 1. The van der Waals surface area contributed by atoms with Crippen LogP contribution < -0.4 is 24.4 Å². The fourth-order valence-corrected chi connectivity index (χ4v) is 5.45. The van der Waals surface area contributed by atoms with Crippen molar-refractivity contribution in [1.29, 1.82) is 0 Å². The number of methoxy groups -OCH3 is 2. The molecule has 2 bridgehead atoms. The van der Waals surface area contributed by atoms with Crippen LogP contribution in [0, 0.1) is 5.92 Å². The van der Waals surface area contributed by atoms with Crippen molar-refractivity contribution < 1.29 is 19.0 Å². The van der Waals surface area contributed by atoms with Crippen LogP contribution in [-0.4, -0.2) is 30.5 Å². The van der Waals surface area contributed by atoms with Gasteiger partial charge in [0, 0.05) is 11.1 Å². The fourth-order valence-electron chi connectivity index (χ4n) is 4.36. The number of aromatic nitrogens is 1. The molecule has 1 aromatic heterocycles. The van der Waals surface area contributed by atoms with Crippen LogP contribution in [0.2, 0.25) is 0 Å². The van der Waals surface area contributed by atoms with E-state index in [1.165, 1.54) is 18.4 Å². The Hall–Kier alpha value is -3.39. The minimum absolute atomic E-state index is 0.215. The summed E-state index contributed by atoms with van der Waals surface area (Å²) in [7, 11) is 2.92. The van der Waals surface area contributed by atoms with E-state index in [0.29, 0.717) is 20.8 Å². The van der Waals surface area contributed by atoms with Crippen LogP contribution in [-0.2, 0) is 9.53 Å². The molecule has 0 amide bonds. The van der Waals surface area contributed by atoms with E-state index in [1.807, 2.05) is 48.5 Å². The molecule has 2 aromatic carbocycles. The maximum absolute atomic E-state index is 13.5. The molecule has 8 heteroatoms. The molecule has 0 radical (unpaired) electrons. The molecule has 2 aliphatic heterocycles. The third kappa shape index (κ3) is 2.90. The minimum Gasteiger partial charge on any atom is -0.496 e.